The SMILES string of the molecule is Cc1cccc(C=N)c1/N=c1/ccc2c(-c3ccccc3S(=O)(=O)O)c3ccc(Nc4c(C)cccc4C)cc3oc-2c1. The molecular weight excluding hydrogens is 558 g/mol. The summed E-state index contributed by atoms with van der Waals surface area (Å²) in [6.07, 6.45) is 1.28. The van der Waals surface area contributed by atoms with Crippen molar-refractivity contribution < 1.29 is 17.4 Å². The number of anilines is 2. The van der Waals surface area contributed by atoms with E-state index in [4.69, 9.17) is 14.8 Å². The molecule has 1 aliphatic carbocycles. The van der Waals surface area contributed by atoms with E-state index >= 15 is 0 Å². The molecule has 214 valence electrons. The lowest BCUT2D eigenvalue weighted by atomic mass is 9.93. The van der Waals surface area contributed by atoms with Crippen LogP contribution in [0.25, 0.3) is 33.4 Å². The van der Waals surface area contributed by atoms with E-state index in [0.717, 1.165) is 28.1 Å². The second kappa shape index (κ2) is 11.0. The first-order chi connectivity index (χ1) is 20.6. The van der Waals surface area contributed by atoms with Crippen molar-refractivity contribution in [1.82, 2.24) is 0 Å². The molecule has 4 aromatic rings. The highest BCUT2D eigenvalue weighted by atomic mass is 32.2. The van der Waals surface area contributed by atoms with Crippen LogP contribution in [-0.4, -0.2) is 19.2 Å². The van der Waals surface area contributed by atoms with Gasteiger partial charge in [-0.25, -0.2) is 4.99 Å². The summed E-state index contributed by atoms with van der Waals surface area (Å²) in [5, 5.41) is 12.6. The zero-order valence-electron chi connectivity index (χ0n) is 23.8. The molecule has 0 spiro atoms. The van der Waals surface area contributed by atoms with Gasteiger partial charge in [-0.15, -0.1) is 0 Å². The van der Waals surface area contributed by atoms with Crippen LogP contribution < -0.4 is 10.7 Å². The fourth-order valence-corrected chi connectivity index (χ4v) is 6.15. The number of aryl methyl sites for hydroxylation is 3. The van der Waals surface area contributed by atoms with Gasteiger partial charge in [0.1, 0.15) is 16.2 Å². The maximum absolute atomic E-state index is 12.5. The van der Waals surface area contributed by atoms with Crippen molar-refractivity contribution in [3.8, 4) is 22.5 Å². The Labute approximate surface area is 249 Å². The van der Waals surface area contributed by atoms with E-state index in [1.54, 1.807) is 24.3 Å². The summed E-state index contributed by atoms with van der Waals surface area (Å²) in [5.41, 5.74) is 8.49. The maximum atomic E-state index is 12.5. The predicted molar refractivity (Wildman–Crippen MR) is 172 cm³/mol. The average Bonchev–Trinajstić information content (AvgIpc) is 2.98. The lowest BCUT2D eigenvalue weighted by Crippen LogP contribution is -2.05. The quantitative estimate of drug-likeness (QED) is 0.103. The smallest absolute Gasteiger partial charge is 0.295 e. The molecule has 43 heavy (non-hydrogen) atoms. The summed E-state index contributed by atoms with van der Waals surface area (Å²) in [4.78, 5) is 4.65. The Kier molecular flexibility index (Phi) is 7.17. The molecule has 0 saturated heterocycles. The molecule has 6 rings (SSSR count). The Morgan fingerprint density at radius 1 is 0.814 bits per heavy atom. The van der Waals surface area contributed by atoms with Gasteiger partial charge in [0.15, 0.2) is 0 Å². The van der Waals surface area contributed by atoms with Gasteiger partial charge in [-0.1, -0.05) is 54.6 Å². The maximum Gasteiger partial charge on any atom is 0.295 e. The third-order valence-electron chi connectivity index (χ3n) is 7.56. The highest BCUT2D eigenvalue weighted by molar-refractivity contribution is 7.86. The van der Waals surface area contributed by atoms with E-state index < -0.39 is 10.1 Å². The fourth-order valence-electron chi connectivity index (χ4n) is 5.45. The predicted octanol–water partition coefficient (Wildman–Crippen LogP) is 8.35. The highest BCUT2D eigenvalue weighted by Gasteiger charge is 2.23. The minimum Gasteiger partial charge on any atom is -0.456 e. The summed E-state index contributed by atoms with van der Waals surface area (Å²) in [5.74, 6) is 0.489. The van der Waals surface area contributed by atoms with Gasteiger partial charge in [0.25, 0.3) is 10.1 Å². The third-order valence-corrected chi connectivity index (χ3v) is 8.47. The van der Waals surface area contributed by atoms with Crippen LogP contribution in [0, 0.1) is 26.2 Å². The number of nitrogens with one attached hydrogen (secondary N) is 2. The fraction of sp³-hybridized carbons (Fsp3) is 0.0857. The minimum absolute atomic E-state index is 0.189. The van der Waals surface area contributed by atoms with Crippen LogP contribution in [0.5, 0.6) is 0 Å². The van der Waals surface area contributed by atoms with Crippen molar-refractivity contribution in [3.63, 3.8) is 0 Å². The second-order valence-corrected chi connectivity index (χ2v) is 11.9. The first-order valence-corrected chi connectivity index (χ1v) is 15.1. The average molecular weight is 588 g/mol. The van der Waals surface area contributed by atoms with E-state index in [1.807, 2.05) is 87.5 Å². The van der Waals surface area contributed by atoms with Crippen molar-refractivity contribution in [2.24, 2.45) is 4.99 Å². The number of hydrogen-bond acceptors (Lipinski definition) is 6. The number of para-hydroxylation sites is 2. The Hall–Kier alpha value is -5.05. The number of benzene rings is 5. The normalized spacial score (nSPS) is 12.1. The van der Waals surface area contributed by atoms with E-state index in [0.29, 0.717) is 50.0 Å². The standard InChI is InChI=1S/C35H29N3O4S/c1-21-8-6-9-22(2)34(21)37-25-14-16-27-30(18-25)42-31-19-26(38-35-23(3)10-7-11-24(35)20-36)15-17-28(31)33(27)29-12-4-5-13-32(29)43(39,40)41/h4-20,36-37H,1-3H3,(H,39,40,41)/b36-20?,38-26-. The number of fused-ring (bicyclic) bond motifs is 2. The van der Waals surface area contributed by atoms with E-state index in [1.165, 1.54) is 12.3 Å². The Morgan fingerprint density at radius 3 is 2.28 bits per heavy atom. The molecule has 0 amide bonds. The van der Waals surface area contributed by atoms with E-state index in [2.05, 4.69) is 5.32 Å². The lowest BCUT2D eigenvalue weighted by molar-refractivity contribution is 0.483. The third kappa shape index (κ3) is 5.34. The van der Waals surface area contributed by atoms with Gasteiger partial charge < -0.3 is 15.1 Å². The molecule has 0 atom stereocenters. The van der Waals surface area contributed by atoms with Crippen LogP contribution in [0.15, 0.2) is 111 Å². The molecule has 1 heterocycles. The number of hydrogen-bond donors (Lipinski definition) is 3. The molecule has 2 aliphatic rings. The molecule has 1 aliphatic heterocycles. The van der Waals surface area contributed by atoms with Crippen LogP contribution in [0.2, 0.25) is 0 Å². The summed E-state index contributed by atoms with van der Waals surface area (Å²) in [6, 6.07) is 29.4. The van der Waals surface area contributed by atoms with Crippen molar-refractivity contribution >= 4 is 44.4 Å². The molecule has 4 aromatic carbocycles. The van der Waals surface area contributed by atoms with Crippen molar-refractivity contribution in [1.29, 1.82) is 5.41 Å². The van der Waals surface area contributed by atoms with Crippen molar-refractivity contribution in [2.75, 3.05) is 5.32 Å². The van der Waals surface area contributed by atoms with Crippen LogP contribution in [0.1, 0.15) is 22.3 Å². The van der Waals surface area contributed by atoms with Crippen molar-refractivity contribution in [3.05, 3.63) is 125 Å². The Balaban J connectivity index is 1.64. The minimum atomic E-state index is -4.52. The summed E-state index contributed by atoms with van der Waals surface area (Å²) < 4.78 is 41.5. The molecule has 7 nitrogen and oxygen atoms in total. The Morgan fingerprint density at radius 2 is 1.53 bits per heavy atom. The van der Waals surface area contributed by atoms with Crippen LogP contribution in [0.4, 0.5) is 17.1 Å². The molecule has 0 fully saturated rings. The van der Waals surface area contributed by atoms with Gasteiger partial charge in [-0.05, 0) is 67.8 Å². The largest absolute Gasteiger partial charge is 0.456 e. The first kappa shape index (κ1) is 28.1. The molecular formula is C35H29N3O4S. The van der Waals surface area contributed by atoms with Gasteiger partial charge in [-0.2, -0.15) is 8.42 Å². The topological polar surface area (TPSA) is 116 Å². The Bertz CT molecular complexity index is 2180. The van der Waals surface area contributed by atoms with Crippen LogP contribution in [-0.2, 0) is 10.1 Å². The zero-order valence-corrected chi connectivity index (χ0v) is 24.7. The molecule has 0 radical (unpaired) electrons. The van der Waals surface area contributed by atoms with Gasteiger partial charge in [-0.3, -0.25) is 4.55 Å². The highest BCUT2D eigenvalue weighted by Crippen LogP contribution is 2.43. The molecule has 0 bridgehead atoms. The summed E-state index contributed by atoms with van der Waals surface area (Å²) in [6.45, 7) is 6.03. The van der Waals surface area contributed by atoms with Gasteiger partial charge in [0, 0.05) is 57.4 Å². The van der Waals surface area contributed by atoms with Crippen LogP contribution >= 0.6 is 0 Å². The van der Waals surface area contributed by atoms with E-state index in [9.17, 15) is 13.0 Å². The molecule has 0 aromatic heterocycles. The van der Waals surface area contributed by atoms with Crippen molar-refractivity contribution in [2.45, 2.75) is 25.7 Å². The van der Waals surface area contributed by atoms with Gasteiger partial charge in [0.2, 0.25) is 0 Å². The number of rotatable bonds is 6. The molecule has 8 heteroatoms. The van der Waals surface area contributed by atoms with E-state index in [-0.39, 0.29) is 4.90 Å². The van der Waals surface area contributed by atoms with Gasteiger partial charge in [0.05, 0.1) is 11.0 Å². The second-order valence-electron chi connectivity index (χ2n) is 10.5. The first-order valence-electron chi connectivity index (χ1n) is 13.7. The number of nitrogens with zero attached hydrogens (tertiary/aromatic N) is 1. The lowest BCUT2D eigenvalue weighted by Gasteiger charge is -2.18. The van der Waals surface area contributed by atoms with Crippen LogP contribution in [0.3, 0.4) is 0 Å². The van der Waals surface area contributed by atoms with Gasteiger partial charge >= 0.3 is 0 Å². The summed E-state index contributed by atoms with van der Waals surface area (Å²) in [7, 11) is -4.52. The summed E-state index contributed by atoms with van der Waals surface area (Å²) >= 11 is 0. The molecule has 0 unspecified atom stereocenters. The molecule has 0 saturated carbocycles. The monoisotopic (exact) mass is 587 g/mol. The molecule has 3 N–H and O–H groups in total. The zero-order chi connectivity index (χ0) is 30.3.